The predicted octanol–water partition coefficient (Wildman–Crippen LogP) is 0.890. The van der Waals surface area contributed by atoms with Crippen LogP contribution >= 0.6 is 0 Å². The Morgan fingerprint density at radius 1 is 1.50 bits per heavy atom. The van der Waals surface area contributed by atoms with Crippen molar-refractivity contribution in [3.63, 3.8) is 0 Å². The van der Waals surface area contributed by atoms with Crippen LogP contribution in [0, 0.1) is 5.82 Å². The normalized spacial score (nSPS) is 21.7. The van der Waals surface area contributed by atoms with Crippen LogP contribution in [0.1, 0.15) is 6.42 Å². The number of anilines is 1. The molecule has 74 valence electrons. The number of hydrogen-bond acceptors (Lipinski definition) is 2. The first-order valence-corrected chi connectivity index (χ1v) is 4.51. The minimum Gasteiger partial charge on any atom is -0.320 e. The fourth-order valence-electron chi connectivity index (χ4n) is 1.60. The number of nitrogens with zero attached hydrogens (tertiary/aromatic N) is 1. The van der Waals surface area contributed by atoms with Crippen LogP contribution in [0.15, 0.2) is 24.3 Å². The lowest BCUT2D eigenvalue weighted by atomic mass is 10.3. The summed E-state index contributed by atoms with van der Waals surface area (Å²) in [5.41, 5.74) is 6.15. The van der Waals surface area contributed by atoms with Crippen LogP contribution in [-0.2, 0) is 4.79 Å². The van der Waals surface area contributed by atoms with Gasteiger partial charge in [-0.15, -0.1) is 0 Å². The quantitative estimate of drug-likeness (QED) is 0.721. The zero-order valence-corrected chi connectivity index (χ0v) is 7.61. The van der Waals surface area contributed by atoms with E-state index in [4.69, 9.17) is 5.73 Å². The van der Waals surface area contributed by atoms with Gasteiger partial charge in [-0.05, 0) is 24.6 Å². The Labute approximate surface area is 81.3 Å². The van der Waals surface area contributed by atoms with Gasteiger partial charge >= 0.3 is 0 Å². The van der Waals surface area contributed by atoms with Crippen molar-refractivity contribution in [2.75, 3.05) is 11.4 Å². The van der Waals surface area contributed by atoms with Gasteiger partial charge in [0.2, 0.25) is 5.91 Å². The molecule has 1 atom stereocenters. The molecule has 3 nitrogen and oxygen atoms in total. The average molecular weight is 194 g/mol. The Hall–Kier alpha value is -1.42. The number of rotatable bonds is 1. The molecule has 0 saturated carbocycles. The zero-order chi connectivity index (χ0) is 10.1. The van der Waals surface area contributed by atoms with E-state index in [-0.39, 0.29) is 11.7 Å². The molecule has 2 N–H and O–H groups in total. The SMILES string of the molecule is NC1CCN(c2cccc(F)c2)C1=O. The van der Waals surface area contributed by atoms with Crippen molar-refractivity contribution in [1.82, 2.24) is 0 Å². The fourth-order valence-corrected chi connectivity index (χ4v) is 1.60. The highest BCUT2D eigenvalue weighted by molar-refractivity contribution is 5.99. The third-order valence-corrected chi connectivity index (χ3v) is 2.37. The number of amides is 1. The molecule has 0 radical (unpaired) electrons. The van der Waals surface area contributed by atoms with E-state index in [1.54, 1.807) is 12.1 Å². The van der Waals surface area contributed by atoms with Crippen LogP contribution in [0.4, 0.5) is 10.1 Å². The van der Waals surface area contributed by atoms with Crippen LogP contribution in [0.25, 0.3) is 0 Å². The number of hydrogen-bond donors (Lipinski definition) is 1. The van der Waals surface area contributed by atoms with Crippen molar-refractivity contribution >= 4 is 11.6 Å². The van der Waals surface area contributed by atoms with E-state index >= 15 is 0 Å². The fraction of sp³-hybridized carbons (Fsp3) is 0.300. The summed E-state index contributed by atoms with van der Waals surface area (Å²) < 4.78 is 12.9. The van der Waals surface area contributed by atoms with Crippen LogP contribution in [0.2, 0.25) is 0 Å². The molecule has 0 aromatic heterocycles. The van der Waals surface area contributed by atoms with Crippen molar-refractivity contribution in [2.45, 2.75) is 12.5 Å². The smallest absolute Gasteiger partial charge is 0.243 e. The number of halogens is 1. The first kappa shape index (κ1) is 9.15. The summed E-state index contributed by atoms with van der Waals surface area (Å²) in [6, 6.07) is 5.55. The zero-order valence-electron chi connectivity index (χ0n) is 7.61. The standard InChI is InChI=1S/C10H11FN2O/c11-7-2-1-3-8(6-7)13-5-4-9(12)10(13)14/h1-3,6,9H,4-5,12H2. The minimum atomic E-state index is -0.432. The van der Waals surface area contributed by atoms with Crippen LogP contribution in [-0.4, -0.2) is 18.5 Å². The summed E-state index contributed by atoms with van der Waals surface area (Å²) in [6.07, 6.45) is 0.634. The molecule has 2 rings (SSSR count). The first-order chi connectivity index (χ1) is 6.68. The second-order valence-electron chi connectivity index (χ2n) is 3.36. The number of carbonyl (C=O) groups excluding carboxylic acids is 1. The van der Waals surface area contributed by atoms with Crippen molar-refractivity contribution < 1.29 is 9.18 Å². The average Bonchev–Trinajstić information content (AvgIpc) is 2.48. The van der Waals surface area contributed by atoms with E-state index in [1.807, 2.05) is 0 Å². The van der Waals surface area contributed by atoms with Gasteiger partial charge in [0, 0.05) is 12.2 Å². The molecule has 0 aliphatic carbocycles. The summed E-state index contributed by atoms with van der Waals surface area (Å²) in [7, 11) is 0. The third kappa shape index (κ3) is 1.48. The largest absolute Gasteiger partial charge is 0.320 e. The Bertz CT molecular complexity index is 367. The van der Waals surface area contributed by atoms with Crippen molar-refractivity contribution in [3.05, 3.63) is 30.1 Å². The summed E-state index contributed by atoms with van der Waals surface area (Å²) >= 11 is 0. The second-order valence-corrected chi connectivity index (χ2v) is 3.36. The molecule has 1 heterocycles. The summed E-state index contributed by atoms with van der Waals surface area (Å²) in [5.74, 6) is -0.466. The van der Waals surface area contributed by atoms with Crippen LogP contribution < -0.4 is 10.6 Å². The summed E-state index contributed by atoms with van der Waals surface area (Å²) in [6.45, 7) is 0.573. The van der Waals surface area contributed by atoms with Crippen molar-refractivity contribution in [1.29, 1.82) is 0 Å². The summed E-state index contributed by atoms with van der Waals surface area (Å²) in [4.78, 5) is 13.0. The molecule has 1 saturated heterocycles. The van der Waals surface area contributed by atoms with Crippen molar-refractivity contribution in [2.24, 2.45) is 5.73 Å². The van der Waals surface area contributed by atoms with Gasteiger partial charge in [-0.25, -0.2) is 4.39 Å². The van der Waals surface area contributed by atoms with E-state index in [2.05, 4.69) is 0 Å². The molecule has 4 heteroatoms. The Balaban J connectivity index is 2.28. The first-order valence-electron chi connectivity index (χ1n) is 4.51. The highest BCUT2D eigenvalue weighted by Gasteiger charge is 2.29. The third-order valence-electron chi connectivity index (χ3n) is 2.37. The molecular formula is C10H11FN2O. The van der Waals surface area contributed by atoms with Gasteiger partial charge in [0.15, 0.2) is 0 Å². The van der Waals surface area contributed by atoms with Gasteiger partial charge in [0.05, 0.1) is 6.04 Å². The molecule has 14 heavy (non-hydrogen) atoms. The molecule has 1 aliphatic heterocycles. The predicted molar refractivity (Wildman–Crippen MR) is 51.3 cm³/mol. The lowest BCUT2D eigenvalue weighted by Crippen LogP contribution is -2.33. The Morgan fingerprint density at radius 3 is 2.86 bits per heavy atom. The van der Waals surface area contributed by atoms with Crippen molar-refractivity contribution in [3.8, 4) is 0 Å². The maximum Gasteiger partial charge on any atom is 0.243 e. The van der Waals surface area contributed by atoms with E-state index in [1.165, 1.54) is 17.0 Å². The molecule has 1 amide bonds. The molecule has 1 aliphatic rings. The number of benzene rings is 1. The lowest BCUT2D eigenvalue weighted by molar-refractivity contribution is -0.118. The highest BCUT2D eigenvalue weighted by Crippen LogP contribution is 2.21. The second kappa shape index (κ2) is 3.38. The highest BCUT2D eigenvalue weighted by atomic mass is 19.1. The molecule has 1 aromatic carbocycles. The van der Waals surface area contributed by atoms with E-state index < -0.39 is 6.04 Å². The molecular weight excluding hydrogens is 183 g/mol. The number of nitrogens with two attached hydrogens (primary N) is 1. The maximum atomic E-state index is 12.9. The lowest BCUT2D eigenvalue weighted by Gasteiger charge is -2.15. The number of carbonyl (C=O) groups is 1. The molecule has 1 aromatic rings. The van der Waals surface area contributed by atoms with Gasteiger partial charge in [-0.2, -0.15) is 0 Å². The minimum absolute atomic E-state index is 0.129. The molecule has 0 bridgehead atoms. The monoisotopic (exact) mass is 194 g/mol. The van der Waals surface area contributed by atoms with Gasteiger partial charge < -0.3 is 10.6 Å². The van der Waals surface area contributed by atoms with Gasteiger partial charge in [-0.1, -0.05) is 6.07 Å². The van der Waals surface area contributed by atoms with Crippen LogP contribution in [0.5, 0.6) is 0 Å². The Kier molecular flexibility index (Phi) is 2.21. The van der Waals surface area contributed by atoms with E-state index in [0.717, 1.165) is 0 Å². The van der Waals surface area contributed by atoms with Gasteiger partial charge in [-0.3, -0.25) is 4.79 Å². The maximum absolute atomic E-state index is 12.9. The van der Waals surface area contributed by atoms with Gasteiger partial charge in [0.1, 0.15) is 5.82 Å². The van der Waals surface area contributed by atoms with E-state index in [0.29, 0.717) is 18.7 Å². The Morgan fingerprint density at radius 2 is 2.29 bits per heavy atom. The van der Waals surface area contributed by atoms with Crippen LogP contribution in [0.3, 0.4) is 0 Å². The summed E-state index contributed by atoms with van der Waals surface area (Å²) in [5, 5.41) is 0. The molecule has 0 spiro atoms. The van der Waals surface area contributed by atoms with E-state index in [9.17, 15) is 9.18 Å². The molecule has 1 fully saturated rings. The molecule has 1 unspecified atom stereocenters. The van der Waals surface area contributed by atoms with Gasteiger partial charge in [0.25, 0.3) is 0 Å². The topological polar surface area (TPSA) is 46.3 Å².